The zero-order valence-corrected chi connectivity index (χ0v) is 21.1. The van der Waals surface area contributed by atoms with E-state index < -0.39 is 11.2 Å². The Morgan fingerprint density at radius 2 is 1.80 bits per heavy atom. The van der Waals surface area contributed by atoms with Crippen LogP contribution in [0, 0.1) is 20.8 Å². The molecule has 4 rings (SSSR count). The first-order valence-corrected chi connectivity index (χ1v) is 12.2. The molecule has 9 heteroatoms. The molecule has 35 heavy (non-hydrogen) atoms. The number of carbonyl (C=O) groups excluding carboxylic acids is 2. The van der Waals surface area contributed by atoms with E-state index in [1.807, 2.05) is 54.8 Å². The van der Waals surface area contributed by atoms with Gasteiger partial charge in [-0.25, -0.2) is 4.79 Å². The molecule has 0 fully saturated rings. The van der Waals surface area contributed by atoms with Gasteiger partial charge in [0.1, 0.15) is 0 Å². The zero-order valence-electron chi connectivity index (χ0n) is 20.3. The second-order valence-corrected chi connectivity index (χ2v) is 9.44. The summed E-state index contributed by atoms with van der Waals surface area (Å²) < 4.78 is 7.13. The van der Waals surface area contributed by atoms with Crippen molar-refractivity contribution in [3.8, 4) is 17.1 Å². The molecule has 1 unspecified atom stereocenters. The van der Waals surface area contributed by atoms with Crippen LogP contribution in [0.2, 0.25) is 0 Å². The molecule has 1 aromatic carbocycles. The van der Waals surface area contributed by atoms with E-state index in [0.717, 1.165) is 16.8 Å². The number of nitrogens with one attached hydrogen (secondary N) is 1. The molecule has 0 aliphatic heterocycles. The average Bonchev–Trinajstić information content (AvgIpc) is 3.39. The number of para-hydroxylation sites is 1. The number of H-pyrrole nitrogens is 1. The SMILES string of the molecule is CCOC(=O)c1c(C)[nH]c(C(=O)C(C)Sc2nnc(-c3ccncc3)n2-c2ccccc2C)c1C. The van der Waals surface area contributed by atoms with Crippen LogP contribution >= 0.6 is 11.8 Å². The third-order valence-electron chi connectivity index (χ3n) is 5.74. The monoisotopic (exact) mass is 489 g/mol. The summed E-state index contributed by atoms with van der Waals surface area (Å²) in [7, 11) is 0. The van der Waals surface area contributed by atoms with Crippen molar-refractivity contribution in [3.63, 3.8) is 0 Å². The number of esters is 1. The predicted molar refractivity (Wildman–Crippen MR) is 135 cm³/mol. The first-order valence-electron chi connectivity index (χ1n) is 11.3. The van der Waals surface area contributed by atoms with E-state index in [1.54, 1.807) is 33.2 Å². The summed E-state index contributed by atoms with van der Waals surface area (Å²) in [5.41, 5.74) is 4.89. The number of Topliss-reactive ketones (excluding diaryl/α,β-unsaturated/α-hetero) is 1. The van der Waals surface area contributed by atoms with E-state index in [9.17, 15) is 9.59 Å². The topological polar surface area (TPSA) is 103 Å². The Kier molecular flexibility index (Phi) is 7.16. The summed E-state index contributed by atoms with van der Waals surface area (Å²) in [6, 6.07) is 11.7. The van der Waals surface area contributed by atoms with Crippen molar-refractivity contribution in [2.75, 3.05) is 6.61 Å². The van der Waals surface area contributed by atoms with E-state index in [1.165, 1.54) is 11.8 Å². The quantitative estimate of drug-likeness (QED) is 0.208. The number of benzene rings is 1. The average molecular weight is 490 g/mol. The molecule has 0 bridgehead atoms. The molecule has 8 nitrogen and oxygen atoms in total. The molecule has 3 aromatic heterocycles. The number of aromatic amines is 1. The maximum Gasteiger partial charge on any atom is 0.340 e. The maximum atomic E-state index is 13.4. The van der Waals surface area contributed by atoms with Crippen molar-refractivity contribution in [3.05, 3.63) is 76.9 Å². The number of aryl methyl sites for hydroxylation is 2. The highest BCUT2D eigenvalue weighted by molar-refractivity contribution is 8.00. The second-order valence-electron chi connectivity index (χ2n) is 8.13. The van der Waals surface area contributed by atoms with Crippen molar-refractivity contribution in [2.24, 2.45) is 0 Å². The van der Waals surface area contributed by atoms with Crippen LogP contribution in [0.4, 0.5) is 0 Å². The fraction of sp³-hybridized carbons (Fsp3) is 0.269. The first-order chi connectivity index (χ1) is 16.8. The number of ether oxygens (including phenoxy) is 1. The van der Waals surface area contributed by atoms with E-state index in [2.05, 4.69) is 20.2 Å². The number of aromatic nitrogens is 5. The van der Waals surface area contributed by atoms with Crippen molar-refractivity contribution in [2.45, 2.75) is 45.0 Å². The van der Waals surface area contributed by atoms with Gasteiger partial charge < -0.3 is 9.72 Å². The number of hydrogen-bond donors (Lipinski definition) is 1. The zero-order chi connectivity index (χ0) is 25.1. The number of carbonyl (C=O) groups is 2. The van der Waals surface area contributed by atoms with E-state index in [-0.39, 0.29) is 12.4 Å². The number of hydrogen-bond acceptors (Lipinski definition) is 7. The molecule has 0 saturated carbocycles. The third-order valence-corrected chi connectivity index (χ3v) is 6.79. The lowest BCUT2D eigenvalue weighted by molar-refractivity contribution is 0.0525. The van der Waals surface area contributed by atoms with Gasteiger partial charge in [0.05, 0.1) is 28.8 Å². The highest BCUT2D eigenvalue weighted by Crippen LogP contribution is 2.33. The lowest BCUT2D eigenvalue weighted by Gasteiger charge is -2.15. The Balaban J connectivity index is 1.70. The number of ketones is 1. The lowest BCUT2D eigenvalue weighted by atomic mass is 10.1. The normalized spacial score (nSPS) is 11.9. The Bertz CT molecular complexity index is 1380. The van der Waals surface area contributed by atoms with Crippen LogP contribution in [0.5, 0.6) is 0 Å². The van der Waals surface area contributed by atoms with Gasteiger partial charge in [-0.05, 0) is 63.9 Å². The van der Waals surface area contributed by atoms with Gasteiger partial charge in [0.25, 0.3) is 0 Å². The van der Waals surface area contributed by atoms with E-state index >= 15 is 0 Å². The Labute approximate surface area is 208 Å². The van der Waals surface area contributed by atoms with Crippen LogP contribution in [-0.2, 0) is 4.74 Å². The van der Waals surface area contributed by atoms with Gasteiger partial charge in [-0.1, -0.05) is 30.0 Å². The van der Waals surface area contributed by atoms with Crippen LogP contribution in [0.15, 0.2) is 53.9 Å². The summed E-state index contributed by atoms with van der Waals surface area (Å²) in [6.07, 6.45) is 3.42. The molecular formula is C26H27N5O3S. The highest BCUT2D eigenvalue weighted by atomic mass is 32.2. The molecule has 0 aliphatic carbocycles. The molecule has 0 aliphatic rings. The van der Waals surface area contributed by atoms with E-state index in [4.69, 9.17) is 4.74 Å². The van der Waals surface area contributed by atoms with Crippen LogP contribution in [-0.4, -0.2) is 48.3 Å². The van der Waals surface area contributed by atoms with Gasteiger partial charge in [-0.2, -0.15) is 0 Å². The molecule has 1 N–H and O–H groups in total. The minimum absolute atomic E-state index is 0.129. The Morgan fingerprint density at radius 3 is 2.49 bits per heavy atom. The highest BCUT2D eigenvalue weighted by Gasteiger charge is 2.28. The molecule has 1 atom stereocenters. The third kappa shape index (κ3) is 4.77. The standard InChI is InChI=1S/C26H27N5O3S/c1-6-34-25(33)21-16(3)22(28-17(21)4)23(32)18(5)35-26-30-29-24(19-11-13-27-14-12-19)31(26)20-10-8-7-9-15(20)2/h7-14,18,28H,6H2,1-5H3. The molecule has 0 radical (unpaired) electrons. The van der Waals surface area contributed by atoms with Crippen molar-refractivity contribution < 1.29 is 14.3 Å². The number of pyridine rings is 1. The molecule has 4 aromatic rings. The summed E-state index contributed by atoms with van der Waals surface area (Å²) >= 11 is 1.32. The molecule has 0 spiro atoms. The molecular weight excluding hydrogens is 462 g/mol. The number of nitrogens with zero attached hydrogens (tertiary/aromatic N) is 4. The minimum Gasteiger partial charge on any atom is -0.462 e. The van der Waals surface area contributed by atoms with Crippen LogP contribution in [0.3, 0.4) is 0 Å². The largest absolute Gasteiger partial charge is 0.462 e. The summed E-state index contributed by atoms with van der Waals surface area (Å²) in [5.74, 6) is 0.107. The molecule has 0 amide bonds. The van der Waals surface area contributed by atoms with Gasteiger partial charge >= 0.3 is 5.97 Å². The summed E-state index contributed by atoms with van der Waals surface area (Å²) in [4.78, 5) is 33.0. The van der Waals surface area contributed by atoms with Crippen molar-refractivity contribution in [1.82, 2.24) is 24.7 Å². The van der Waals surface area contributed by atoms with Crippen molar-refractivity contribution >= 4 is 23.5 Å². The molecule has 3 heterocycles. The smallest absolute Gasteiger partial charge is 0.340 e. The first kappa shape index (κ1) is 24.4. The maximum absolute atomic E-state index is 13.4. The Hall–Kier alpha value is -3.72. The van der Waals surface area contributed by atoms with Gasteiger partial charge in [0, 0.05) is 23.7 Å². The summed E-state index contributed by atoms with van der Waals surface area (Å²) in [5, 5.41) is 9.00. The molecule has 180 valence electrons. The second kappa shape index (κ2) is 10.3. The van der Waals surface area contributed by atoms with Gasteiger partial charge in [-0.3, -0.25) is 14.3 Å². The van der Waals surface area contributed by atoms with Crippen LogP contribution in [0.1, 0.15) is 51.5 Å². The van der Waals surface area contributed by atoms with Gasteiger partial charge in [-0.15, -0.1) is 10.2 Å². The van der Waals surface area contributed by atoms with Crippen LogP contribution in [0.25, 0.3) is 17.1 Å². The Morgan fingerprint density at radius 1 is 1.09 bits per heavy atom. The number of thioether (sulfide) groups is 1. The lowest BCUT2D eigenvalue weighted by Crippen LogP contribution is -2.16. The molecule has 0 saturated heterocycles. The van der Waals surface area contributed by atoms with E-state index in [0.29, 0.717) is 33.5 Å². The number of rotatable bonds is 8. The minimum atomic E-state index is -0.487. The predicted octanol–water partition coefficient (Wildman–Crippen LogP) is 5.12. The van der Waals surface area contributed by atoms with Gasteiger partial charge in [0.15, 0.2) is 16.8 Å². The fourth-order valence-corrected chi connectivity index (χ4v) is 4.91. The van der Waals surface area contributed by atoms with Gasteiger partial charge in [0.2, 0.25) is 0 Å². The summed E-state index contributed by atoms with van der Waals surface area (Å²) in [6.45, 7) is 9.41. The van der Waals surface area contributed by atoms with Crippen LogP contribution < -0.4 is 0 Å². The fourth-order valence-electron chi connectivity index (χ4n) is 3.99. The van der Waals surface area contributed by atoms with Crippen molar-refractivity contribution in [1.29, 1.82) is 0 Å².